The van der Waals surface area contributed by atoms with Crippen LogP contribution in [0.5, 0.6) is 5.75 Å². The zero-order valence-corrected chi connectivity index (χ0v) is 18.0. The van der Waals surface area contributed by atoms with Gasteiger partial charge in [0.15, 0.2) is 11.6 Å². The number of benzene rings is 1. The van der Waals surface area contributed by atoms with Crippen molar-refractivity contribution in [2.75, 3.05) is 0 Å². The molecule has 2 rings (SSSR count). The molecule has 0 fully saturated rings. The number of carbonyl (C=O) groups is 1. The molecule has 0 radical (unpaired) electrons. The number of aromatic nitrogens is 1. The van der Waals surface area contributed by atoms with Gasteiger partial charge >= 0.3 is 5.97 Å². The summed E-state index contributed by atoms with van der Waals surface area (Å²) in [5.41, 5.74) is 2.60. The summed E-state index contributed by atoms with van der Waals surface area (Å²) in [6, 6.07) is 8.60. The third kappa shape index (κ3) is 7.60. The fraction of sp³-hybridized carbons (Fsp3) is 0.520. The molecule has 1 atom stereocenters. The second kappa shape index (κ2) is 12.4. The molecule has 0 N–H and O–H groups in total. The summed E-state index contributed by atoms with van der Waals surface area (Å²) in [6.07, 6.45) is 12.6. The van der Waals surface area contributed by atoms with Crippen LogP contribution in [0.1, 0.15) is 77.7 Å². The number of unbranched alkanes of at least 4 members (excludes halogenated alkanes) is 6. The van der Waals surface area contributed by atoms with Crippen LogP contribution in [0.2, 0.25) is 0 Å². The van der Waals surface area contributed by atoms with Crippen molar-refractivity contribution in [1.82, 2.24) is 4.98 Å². The Balaban J connectivity index is 1.87. The molecule has 2 aromatic rings. The summed E-state index contributed by atoms with van der Waals surface area (Å²) in [5, 5.41) is 0. The van der Waals surface area contributed by atoms with Crippen LogP contribution < -0.4 is 4.74 Å². The standard InChI is InChI=1S/C25H34FNO2/c1-4-6-7-8-9-10-11-12-20-13-15-23(27-18-20)21-14-16-24(22(26)17-21)29-25(28)19(3)5-2/h13-19H,4-12H2,1-3H3/t19-/m0/s1. The maximum absolute atomic E-state index is 14.4. The first-order chi connectivity index (χ1) is 14.0. The minimum Gasteiger partial charge on any atom is -0.423 e. The second-order valence-electron chi connectivity index (χ2n) is 7.80. The highest BCUT2D eigenvalue weighted by Gasteiger charge is 2.16. The van der Waals surface area contributed by atoms with Gasteiger partial charge in [-0.15, -0.1) is 0 Å². The summed E-state index contributed by atoms with van der Waals surface area (Å²) in [6.45, 7) is 5.91. The largest absolute Gasteiger partial charge is 0.423 e. The van der Waals surface area contributed by atoms with E-state index in [2.05, 4.69) is 18.0 Å². The van der Waals surface area contributed by atoms with Gasteiger partial charge in [-0.2, -0.15) is 0 Å². The molecule has 0 unspecified atom stereocenters. The lowest BCUT2D eigenvalue weighted by atomic mass is 10.0. The maximum atomic E-state index is 14.4. The number of hydrogen-bond acceptors (Lipinski definition) is 3. The number of esters is 1. The summed E-state index contributed by atoms with van der Waals surface area (Å²) >= 11 is 0. The predicted molar refractivity (Wildman–Crippen MR) is 116 cm³/mol. The van der Waals surface area contributed by atoms with E-state index in [0.29, 0.717) is 17.7 Å². The lowest BCUT2D eigenvalue weighted by molar-refractivity contribution is -0.138. The van der Waals surface area contributed by atoms with Crippen molar-refractivity contribution in [3.63, 3.8) is 0 Å². The minimum absolute atomic E-state index is 0.0328. The summed E-state index contributed by atoms with van der Waals surface area (Å²) in [5.74, 6) is -1.24. The molecule has 0 aliphatic carbocycles. The van der Waals surface area contributed by atoms with Crippen LogP contribution in [0.15, 0.2) is 36.5 Å². The first-order valence-electron chi connectivity index (χ1n) is 11.0. The molecule has 29 heavy (non-hydrogen) atoms. The lowest BCUT2D eigenvalue weighted by Gasteiger charge is -2.10. The molecule has 0 amide bonds. The Kier molecular flexibility index (Phi) is 9.82. The van der Waals surface area contributed by atoms with Gasteiger partial charge in [-0.3, -0.25) is 9.78 Å². The van der Waals surface area contributed by atoms with E-state index in [0.717, 1.165) is 6.42 Å². The average molecular weight is 400 g/mol. The normalized spacial score (nSPS) is 12.0. The predicted octanol–water partition coefficient (Wildman–Crippen LogP) is 7.13. The van der Waals surface area contributed by atoms with Gasteiger partial charge in [0, 0.05) is 11.8 Å². The van der Waals surface area contributed by atoms with E-state index in [1.54, 1.807) is 13.0 Å². The van der Waals surface area contributed by atoms with Crippen LogP contribution in [0.25, 0.3) is 11.3 Å². The van der Waals surface area contributed by atoms with Crippen molar-refractivity contribution in [3.05, 3.63) is 47.9 Å². The molecule has 158 valence electrons. The first kappa shape index (κ1) is 23.1. The minimum atomic E-state index is -0.548. The Bertz CT molecular complexity index is 758. The summed E-state index contributed by atoms with van der Waals surface area (Å²) in [7, 11) is 0. The van der Waals surface area contributed by atoms with Gasteiger partial charge in [-0.1, -0.05) is 65.4 Å². The number of pyridine rings is 1. The Morgan fingerprint density at radius 3 is 2.38 bits per heavy atom. The van der Waals surface area contributed by atoms with E-state index in [1.165, 1.54) is 62.6 Å². The van der Waals surface area contributed by atoms with Gasteiger partial charge in [0.1, 0.15) is 0 Å². The van der Waals surface area contributed by atoms with Crippen molar-refractivity contribution in [2.24, 2.45) is 5.92 Å². The lowest BCUT2D eigenvalue weighted by Crippen LogP contribution is -2.17. The molecule has 0 aliphatic rings. The maximum Gasteiger partial charge on any atom is 0.314 e. The van der Waals surface area contributed by atoms with E-state index in [1.807, 2.05) is 19.2 Å². The Labute approximate surface area is 174 Å². The SMILES string of the molecule is CCCCCCCCCc1ccc(-c2ccc(OC(=O)[C@@H](C)CC)c(F)c2)nc1. The molecule has 1 aromatic heterocycles. The quantitative estimate of drug-likeness (QED) is 0.216. The van der Waals surface area contributed by atoms with Crippen molar-refractivity contribution < 1.29 is 13.9 Å². The van der Waals surface area contributed by atoms with Crippen LogP contribution in [-0.2, 0) is 11.2 Å². The number of aryl methyl sites for hydroxylation is 1. The van der Waals surface area contributed by atoms with Gasteiger partial charge < -0.3 is 4.74 Å². The van der Waals surface area contributed by atoms with Crippen LogP contribution in [0, 0.1) is 11.7 Å². The van der Waals surface area contributed by atoms with Crippen molar-refractivity contribution >= 4 is 5.97 Å². The van der Waals surface area contributed by atoms with Crippen LogP contribution in [-0.4, -0.2) is 11.0 Å². The molecule has 0 spiro atoms. The molecular weight excluding hydrogens is 365 g/mol. The van der Waals surface area contributed by atoms with Gasteiger partial charge in [0.05, 0.1) is 11.6 Å². The van der Waals surface area contributed by atoms with E-state index in [-0.39, 0.29) is 11.7 Å². The Morgan fingerprint density at radius 1 is 1.03 bits per heavy atom. The number of rotatable bonds is 12. The fourth-order valence-electron chi connectivity index (χ4n) is 3.15. The molecule has 1 aromatic carbocycles. The number of carbonyl (C=O) groups excluding carboxylic acids is 1. The summed E-state index contributed by atoms with van der Waals surface area (Å²) in [4.78, 5) is 16.3. The first-order valence-corrected chi connectivity index (χ1v) is 11.0. The smallest absolute Gasteiger partial charge is 0.314 e. The highest BCUT2D eigenvalue weighted by atomic mass is 19.1. The third-order valence-corrected chi connectivity index (χ3v) is 5.35. The topological polar surface area (TPSA) is 39.2 Å². The molecular formula is C25H34FNO2. The average Bonchev–Trinajstić information content (AvgIpc) is 2.74. The van der Waals surface area contributed by atoms with Crippen molar-refractivity contribution in [3.8, 4) is 17.0 Å². The number of halogens is 1. The molecule has 1 heterocycles. The number of ether oxygens (including phenoxy) is 1. The molecule has 0 bridgehead atoms. The molecule has 0 saturated carbocycles. The van der Waals surface area contributed by atoms with Crippen LogP contribution >= 0.6 is 0 Å². The zero-order chi connectivity index (χ0) is 21.1. The number of nitrogens with zero attached hydrogens (tertiary/aromatic N) is 1. The van der Waals surface area contributed by atoms with E-state index in [4.69, 9.17) is 4.74 Å². The van der Waals surface area contributed by atoms with Crippen LogP contribution in [0.4, 0.5) is 4.39 Å². The van der Waals surface area contributed by atoms with E-state index in [9.17, 15) is 9.18 Å². The fourth-order valence-corrected chi connectivity index (χ4v) is 3.15. The molecule has 4 heteroatoms. The van der Waals surface area contributed by atoms with Crippen molar-refractivity contribution in [2.45, 2.75) is 78.6 Å². The molecule has 3 nitrogen and oxygen atoms in total. The Morgan fingerprint density at radius 2 is 1.76 bits per heavy atom. The van der Waals surface area contributed by atoms with Gasteiger partial charge in [-0.25, -0.2) is 4.39 Å². The second-order valence-corrected chi connectivity index (χ2v) is 7.80. The van der Waals surface area contributed by atoms with Crippen LogP contribution in [0.3, 0.4) is 0 Å². The van der Waals surface area contributed by atoms with Gasteiger partial charge in [0.25, 0.3) is 0 Å². The molecule has 0 saturated heterocycles. The zero-order valence-electron chi connectivity index (χ0n) is 18.0. The summed E-state index contributed by atoms with van der Waals surface area (Å²) < 4.78 is 19.5. The van der Waals surface area contributed by atoms with E-state index < -0.39 is 11.8 Å². The highest BCUT2D eigenvalue weighted by molar-refractivity contribution is 5.75. The Hall–Kier alpha value is -2.23. The van der Waals surface area contributed by atoms with Gasteiger partial charge in [-0.05, 0) is 49.1 Å². The van der Waals surface area contributed by atoms with Gasteiger partial charge in [0.2, 0.25) is 0 Å². The number of hydrogen-bond donors (Lipinski definition) is 0. The monoisotopic (exact) mass is 399 g/mol. The molecule has 0 aliphatic heterocycles. The highest BCUT2D eigenvalue weighted by Crippen LogP contribution is 2.25. The third-order valence-electron chi connectivity index (χ3n) is 5.35. The van der Waals surface area contributed by atoms with Crippen molar-refractivity contribution in [1.29, 1.82) is 0 Å². The van der Waals surface area contributed by atoms with E-state index >= 15 is 0 Å².